The summed E-state index contributed by atoms with van der Waals surface area (Å²) in [5, 5.41) is 4.22. The number of oxazole rings is 1. The Morgan fingerprint density at radius 1 is 1.20 bits per heavy atom. The normalized spacial score (nSPS) is 18.9. The lowest BCUT2D eigenvalue weighted by molar-refractivity contribution is -0.183. The monoisotopic (exact) mass is 498 g/mol. The maximum atomic E-state index is 14.8. The summed E-state index contributed by atoms with van der Waals surface area (Å²) in [6.07, 6.45) is -3.40. The molecule has 0 aliphatic carbocycles. The Morgan fingerprint density at radius 2 is 1.94 bits per heavy atom. The molecule has 0 unspecified atom stereocenters. The molecular weight excluding hydrogens is 479 g/mol. The molecule has 14 heteroatoms. The van der Waals surface area contributed by atoms with Gasteiger partial charge >= 0.3 is 6.18 Å². The fraction of sp³-hybridized carbons (Fsp3) is 0.429. The number of carbonyl (C=O) groups is 2. The molecule has 0 radical (unpaired) electrons. The first kappa shape index (κ1) is 23.1. The third kappa shape index (κ3) is 4.06. The molecule has 2 fully saturated rings. The molecule has 0 spiro atoms. The number of hydrogen-bond acceptors (Lipinski definition) is 6. The molecule has 1 aromatic carbocycles. The van der Waals surface area contributed by atoms with E-state index in [9.17, 15) is 31.5 Å². The van der Waals surface area contributed by atoms with E-state index in [0.29, 0.717) is 6.07 Å². The van der Waals surface area contributed by atoms with Crippen LogP contribution in [0, 0.1) is 11.6 Å². The summed E-state index contributed by atoms with van der Waals surface area (Å²) in [6, 6.07) is -0.429. The first-order chi connectivity index (χ1) is 16.5. The lowest BCUT2D eigenvalue weighted by Gasteiger charge is -2.37. The fourth-order valence-corrected chi connectivity index (χ4v) is 4.64. The first-order valence-electron chi connectivity index (χ1n) is 10.7. The van der Waals surface area contributed by atoms with Crippen LogP contribution in [0.15, 0.2) is 22.7 Å². The van der Waals surface area contributed by atoms with Crippen molar-refractivity contribution < 1.29 is 36.0 Å². The van der Waals surface area contributed by atoms with Crippen molar-refractivity contribution in [1.82, 2.24) is 24.6 Å². The number of carbonyl (C=O) groups excluding carboxylic acids is 2. The molecule has 2 aliphatic heterocycles. The van der Waals surface area contributed by atoms with Gasteiger partial charge in [-0.3, -0.25) is 14.3 Å². The molecule has 35 heavy (non-hydrogen) atoms. The van der Waals surface area contributed by atoms with E-state index in [1.165, 1.54) is 11.1 Å². The maximum absolute atomic E-state index is 14.8. The molecule has 0 bridgehead atoms. The van der Waals surface area contributed by atoms with Gasteiger partial charge < -0.3 is 20.0 Å². The molecule has 2 amide bonds. The Hall–Kier alpha value is -3.71. The van der Waals surface area contributed by atoms with Gasteiger partial charge in [0.15, 0.2) is 0 Å². The summed E-state index contributed by atoms with van der Waals surface area (Å²) in [4.78, 5) is 31.0. The van der Waals surface area contributed by atoms with Gasteiger partial charge in [0.25, 0.3) is 11.9 Å². The fourth-order valence-electron chi connectivity index (χ4n) is 4.64. The number of rotatable bonds is 4. The molecular formula is C21H19F5N6O3. The second-order valence-electron chi connectivity index (χ2n) is 8.58. The Balaban J connectivity index is 1.41. The maximum Gasteiger partial charge on any atom is 0.408 e. The van der Waals surface area contributed by atoms with Crippen molar-refractivity contribution in [3.8, 4) is 0 Å². The topological polar surface area (TPSA) is 110 Å². The summed E-state index contributed by atoms with van der Waals surface area (Å²) in [7, 11) is 0. The number of nitrogens with two attached hydrogens (primary N) is 1. The van der Waals surface area contributed by atoms with Gasteiger partial charge in [-0.05, 0) is 12.8 Å². The van der Waals surface area contributed by atoms with Crippen molar-refractivity contribution in [2.24, 2.45) is 0 Å². The summed E-state index contributed by atoms with van der Waals surface area (Å²) in [5.74, 6) is -3.69. The smallest absolute Gasteiger partial charge is 0.408 e. The zero-order valence-corrected chi connectivity index (χ0v) is 18.1. The van der Waals surface area contributed by atoms with Crippen LogP contribution in [0.2, 0.25) is 0 Å². The van der Waals surface area contributed by atoms with Gasteiger partial charge in [0.2, 0.25) is 11.7 Å². The molecule has 9 nitrogen and oxygen atoms in total. The molecule has 2 N–H and O–H groups in total. The van der Waals surface area contributed by atoms with Crippen LogP contribution in [0.3, 0.4) is 0 Å². The van der Waals surface area contributed by atoms with Crippen LogP contribution in [0.5, 0.6) is 0 Å². The number of aromatic nitrogens is 3. The molecule has 186 valence electrons. The van der Waals surface area contributed by atoms with Crippen LogP contribution in [0.25, 0.3) is 10.9 Å². The number of benzene rings is 1. The third-order valence-electron chi connectivity index (χ3n) is 6.32. The molecule has 2 saturated heterocycles. The van der Waals surface area contributed by atoms with Crippen molar-refractivity contribution in [3.63, 3.8) is 0 Å². The number of nitrogens with zero attached hydrogens (tertiary/aromatic N) is 5. The van der Waals surface area contributed by atoms with Crippen LogP contribution in [-0.4, -0.2) is 68.2 Å². The van der Waals surface area contributed by atoms with Crippen molar-refractivity contribution in [1.29, 1.82) is 0 Å². The number of likely N-dealkylation sites (tertiary alicyclic amines) is 2. The lowest BCUT2D eigenvalue weighted by atomic mass is 9.93. The molecule has 5 rings (SSSR count). The zero-order valence-electron chi connectivity index (χ0n) is 18.1. The number of anilines is 1. The van der Waals surface area contributed by atoms with E-state index in [0.717, 1.165) is 15.6 Å². The van der Waals surface area contributed by atoms with Crippen LogP contribution < -0.4 is 5.73 Å². The van der Waals surface area contributed by atoms with E-state index >= 15 is 0 Å². The minimum atomic E-state index is -4.57. The predicted octanol–water partition coefficient (Wildman–Crippen LogP) is 2.68. The minimum Gasteiger partial charge on any atom is -0.418 e. The van der Waals surface area contributed by atoms with Crippen molar-refractivity contribution >= 4 is 28.7 Å². The van der Waals surface area contributed by atoms with Crippen molar-refractivity contribution in [2.45, 2.75) is 37.5 Å². The quantitative estimate of drug-likeness (QED) is 0.554. The predicted molar refractivity (Wildman–Crippen MR) is 110 cm³/mol. The van der Waals surface area contributed by atoms with Gasteiger partial charge in [-0.25, -0.2) is 13.8 Å². The Kier molecular flexibility index (Phi) is 5.40. The van der Waals surface area contributed by atoms with Gasteiger partial charge in [-0.15, -0.1) is 0 Å². The number of fused-ring (bicyclic) bond motifs is 1. The Labute approximate surface area is 194 Å². The highest BCUT2D eigenvalue weighted by Crippen LogP contribution is 2.36. The molecule has 4 heterocycles. The SMILES string of the molecule is Nc1ncc(C(=O)N2CC(c3nn(CC(=O)N4CCC[C@H]4C(F)(F)F)c4cc(F)cc(F)c34)C2)o1. The van der Waals surface area contributed by atoms with Crippen LogP contribution >= 0.6 is 0 Å². The third-order valence-corrected chi connectivity index (χ3v) is 6.32. The average molecular weight is 498 g/mol. The molecule has 1 atom stereocenters. The zero-order chi connectivity index (χ0) is 25.1. The second kappa shape index (κ2) is 8.20. The van der Waals surface area contributed by atoms with Gasteiger partial charge in [-0.2, -0.15) is 18.3 Å². The van der Waals surface area contributed by atoms with E-state index in [4.69, 9.17) is 10.2 Å². The van der Waals surface area contributed by atoms with Crippen LogP contribution in [0.1, 0.15) is 35.0 Å². The highest BCUT2D eigenvalue weighted by atomic mass is 19.4. The van der Waals surface area contributed by atoms with Crippen molar-refractivity contribution in [3.05, 3.63) is 41.4 Å². The highest BCUT2D eigenvalue weighted by Gasteiger charge is 2.47. The molecule has 0 saturated carbocycles. The molecule has 2 aromatic heterocycles. The summed E-state index contributed by atoms with van der Waals surface area (Å²) in [6.45, 7) is -0.431. The average Bonchev–Trinajstić information content (AvgIpc) is 3.46. The van der Waals surface area contributed by atoms with Crippen LogP contribution in [-0.2, 0) is 11.3 Å². The van der Waals surface area contributed by atoms with Crippen LogP contribution in [0.4, 0.5) is 28.0 Å². The van der Waals surface area contributed by atoms with E-state index in [1.54, 1.807) is 0 Å². The molecule has 2 aliphatic rings. The number of alkyl halides is 3. The number of hydrogen-bond donors (Lipinski definition) is 1. The minimum absolute atomic E-state index is 0.0472. The first-order valence-corrected chi connectivity index (χ1v) is 10.7. The standard InChI is InChI=1S/C21H19F5N6O3/c22-11-4-12(23)17-13(5-11)32(9-16(33)31-3-1-2-15(31)21(24,25)26)29-18(17)10-7-30(8-10)19(34)14-6-28-20(27)35-14/h4-6,10,15H,1-3,7-9H2,(H2,27,28)/t15-/m0/s1. The van der Waals surface area contributed by atoms with Gasteiger partial charge in [0, 0.05) is 37.7 Å². The van der Waals surface area contributed by atoms with E-state index in [2.05, 4.69) is 10.1 Å². The number of halogens is 5. The number of nitrogen functional groups attached to an aromatic ring is 1. The van der Waals surface area contributed by atoms with E-state index < -0.39 is 48.1 Å². The van der Waals surface area contributed by atoms with E-state index in [-0.39, 0.29) is 60.8 Å². The summed E-state index contributed by atoms with van der Waals surface area (Å²) < 4.78 is 74.7. The van der Waals surface area contributed by atoms with Gasteiger partial charge in [0.05, 0.1) is 22.8 Å². The largest absolute Gasteiger partial charge is 0.418 e. The van der Waals surface area contributed by atoms with Gasteiger partial charge in [-0.1, -0.05) is 0 Å². The van der Waals surface area contributed by atoms with Gasteiger partial charge in [0.1, 0.15) is 24.2 Å². The summed E-state index contributed by atoms with van der Waals surface area (Å²) >= 11 is 0. The Morgan fingerprint density at radius 3 is 2.60 bits per heavy atom. The highest BCUT2D eigenvalue weighted by molar-refractivity contribution is 5.92. The second-order valence-corrected chi connectivity index (χ2v) is 8.58. The lowest BCUT2D eigenvalue weighted by Crippen LogP contribution is -2.48. The number of amides is 2. The van der Waals surface area contributed by atoms with Crippen molar-refractivity contribution in [2.75, 3.05) is 25.4 Å². The Bertz CT molecular complexity index is 1310. The molecule has 3 aromatic rings. The van der Waals surface area contributed by atoms with E-state index in [1.807, 2.05) is 0 Å². The summed E-state index contributed by atoms with van der Waals surface area (Å²) in [5.41, 5.74) is 5.51.